The summed E-state index contributed by atoms with van der Waals surface area (Å²) in [6.45, 7) is 0.996. The molecule has 0 saturated heterocycles. The SMILES string of the molecule is COCCn1cccc(C(N)c2ccc(Cl)cc2)c1=O. The quantitative estimate of drug-likeness (QED) is 0.919. The van der Waals surface area contributed by atoms with Gasteiger partial charge in [-0.05, 0) is 23.8 Å². The van der Waals surface area contributed by atoms with E-state index < -0.39 is 6.04 Å². The Balaban J connectivity index is 2.32. The van der Waals surface area contributed by atoms with Crippen molar-refractivity contribution in [3.63, 3.8) is 0 Å². The lowest BCUT2D eigenvalue weighted by Crippen LogP contribution is -2.29. The van der Waals surface area contributed by atoms with Crippen molar-refractivity contribution in [2.45, 2.75) is 12.6 Å². The summed E-state index contributed by atoms with van der Waals surface area (Å²) < 4.78 is 6.60. The molecule has 0 spiro atoms. The Morgan fingerprint density at radius 3 is 2.65 bits per heavy atom. The van der Waals surface area contributed by atoms with Gasteiger partial charge in [0.05, 0.1) is 12.6 Å². The number of aromatic nitrogens is 1. The number of pyridine rings is 1. The van der Waals surface area contributed by atoms with Crippen LogP contribution in [0.4, 0.5) is 0 Å². The van der Waals surface area contributed by atoms with Crippen LogP contribution < -0.4 is 11.3 Å². The lowest BCUT2D eigenvalue weighted by atomic mass is 10.0. The predicted molar refractivity (Wildman–Crippen MR) is 80.1 cm³/mol. The Bertz CT molecular complexity index is 623. The molecule has 1 heterocycles. The number of methoxy groups -OCH3 is 1. The van der Waals surface area contributed by atoms with Crippen molar-refractivity contribution in [3.8, 4) is 0 Å². The largest absolute Gasteiger partial charge is 0.383 e. The van der Waals surface area contributed by atoms with Crippen LogP contribution in [0.15, 0.2) is 47.4 Å². The Kier molecular flexibility index (Phi) is 4.95. The van der Waals surface area contributed by atoms with Crippen molar-refractivity contribution in [2.24, 2.45) is 5.73 Å². The Morgan fingerprint density at radius 2 is 2.00 bits per heavy atom. The number of nitrogens with zero attached hydrogens (tertiary/aromatic N) is 1. The second-order valence-corrected chi connectivity index (χ2v) is 4.92. The summed E-state index contributed by atoms with van der Waals surface area (Å²) in [4.78, 5) is 12.4. The van der Waals surface area contributed by atoms with E-state index in [4.69, 9.17) is 22.1 Å². The van der Waals surface area contributed by atoms with E-state index in [1.54, 1.807) is 36.1 Å². The third kappa shape index (κ3) is 3.28. The van der Waals surface area contributed by atoms with Crippen LogP contribution in [0.1, 0.15) is 17.2 Å². The van der Waals surface area contributed by atoms with Crippen LogP contribution in [0.3, 0.4) is 0 Å². The predicted octanol–water partition coefficient (Wildman–Crippen LogP) is 2.20. The van der Waals surface area contributed by atoms with Gasteiger partial charge in [-0.25, -0.2) is 0 Å². The molecular weight excluding hydrogens is 276 g/mol. The molecule has 2 rings (SSSR count). The molecule has 0 amide bonds. The minimum Gasteiger partial charge on any atom is -0.383 e. The van der Waals surface area contributed by atoms with E-state index in [2.05, 4.69) is 0 Å². The van der Waals surface area contributed by atoms with Crippen LogP contribution in [-0.2, 0) is 11.3 Å². The van der Waals surface area contributed by atoms with Gasteiger partial charge in [-0.3, -0.25) is 4.79 Å². The standard InChI is InChI=1S/C15H17ClN2O2/c1-20-10-9-18-8-2-3-13(15(18)19)14(17)11-4-6-12(16)7-5-11/h2-8,14H,9-10,17H2,1H3. The summed E-state index contributed by atoms with van der Waals surface area (Å²) in [5, 5.41) is 0.645. The monoisotopic (exact) mass is 292 g/mol. The molecule has 1 aromatic heterocycles. The lowest BCUT2D eigenvalue weighted by molar-refractivity contribution is 0.186. The molecule has 0 aliphatic rings. The van der Waals surface area contributed by atoms with E-state index in [0.717, 1.165) is 5.56 Å². The summed E-state index contributed by atoms with van der Waals surface area (Å²) in [5.41, 5.74) is 7.50. The molecule has 0 radical (unpaired) electrons. The van der Waals surface area contributed by atoms with Crippen LogP contribution in [0, 0.1) is 0 Å². The summed E-state index contributed by atoms with van der Waals surface area (Å²) >= 11 is 5.86. The maximum absolute atomic E-state index is 12.4. The van der Waals surface area contributed by atoms with Gasteiger partial charge in [-0.15, -0.1) is 0 Å². The molecule has 0 aliphatic carbocycles. The molecule has 1 atom stereocenters. The van der Waals surface area contributed by atoms with Crippen molar-refractivity contribution in [3.05, 3.63) is 69.1 Å². The van der Waals surface area contributed by atoms with Gasteiger partial charge in [0.15, 0.2) is 0 Å². The highest BCUT2D eigenvalue weighted by molar-refractivity contribution is 6.30. The molecule has 1 aromatic carbocycles. The first-order valence-electron chi connectivity index (χ1n) is 6.33. The van der Waals surface area contributed by atoms with Gasteiger partial charge in [0.25, 0.3) is 5.56 Å². The molecule has 2 N–H and O–H groups in total. The molecular formula is C15H17ClN2O2. The van der Waals surface area contributed by atoms with E-state index in [1.165, 1.54) is 0 Å². The summed E-state index contributed by atoms with van der Waals surface area (Å²) in [6.07, 6.45) is 1.74. The minimum atomic E-state index is -0.463. The molecule has 106 valence electrons. The average molecular weight is 293 g/mol. The molecule has 0 aliphatic heterocycles. The Morgan fingerprint density at radius 1 is 1.30 bits per heavy atom. The van der Waals surface area contributed by atoms with Gasteiger partial charge in [0, 0.05) is 30.4 Å². The number of hydrogen-bond donors (Lipinski definition) is 1. The summed E-state index contributed by atoms with van der Waals surface area (Å²) in [7, 11) is 1.61. The number of benzene rings is 1. The van der Waals surface area contributed by atoms with Crippen LogP contribution in [0.2, 0.25) is 5.02 Å². The lowest BCUT2D eigenvalue weighted by Gasteiger charge is -2.14. The maximum atomic E-state index is 12.4. The van der Waals surface area contributed by atoms with Crippen LogP contribution >= 0.6 is 11.6 Å². The second-order valence-electron chi connectivity index (χ2n) is 4.48. The van der Waals surface area contributed by atoms with Crippen molar-refractivity contribution in [2.75, 3.05) is 13.7 Å². The fourth-order valence-corrected chi connectivity index (χ4v) is 2.13. The van der Waals surface area contributed by atoms with E-state index in [0.29, 0.717) is 23.7 Å². The number of ether oxygens (including phenoxy) is 1. The number of nitrogens with two attached hydrogens (primary N) is 1. The van der Waals surface area contributed by atoms with Crippen LogP contribution in [-0.4, -0.2) is 18.3 Å². The molecule has 5 heteroatoms. The van der Waals surface area contributed by atoms with Gasteiger partial charge in [0.2, 0.25) is 0 Å². The Labute approximate surface area is 122 Å². The fourth-order valence-electron chi connectivity index (χ4n) is 2.01. The van der Waals surface area contributed by atoms with Crippen molar-refractivity contribution >= 4 is 11.6 Å². The topological polar surface area (TPSA) is 57.2 Å². The van der Waals surface area contributed by atoms with Gasteiger partial charge in [-0.2, -0.15) is 0 Å². The van der Waals surface area contributed by atoms with E-state index in [9.17, 15) is 4.79 Å². The molecule has 2 aromatic rings. The minimum absolute atomic E-state index is 0.0907. The van der Waals surface area contributed by atoms with E-state index >= 15 is 0 Å². The molecule has 0 bridgehead atoms. The first-order valence-corrected chi connectivity index (χ1v) is 6.70. The highest BCUT2D eigenvalue weighted by atomic mass is 35.5. The van der Waals surface area contributed by atoms with Crippen molar-refractivity contribution < 1.29 is 4.74 Å². The summed E-state index contributed by atoms with van der Waals surface area (Å²) in [5.74, 6) is 0. The molecule has 0 saturated carbocycles. The zero-order valence-electron chi connectivity index (χ0n) is 11.3. The smallest absolute Gasteiger partial charge is 0.255 e. The van der Waals surface area contributed by atoms with E-state index in [1.807, 2.05) is 18.2 Å². The molecule has 1 unspecified atom stereocenters. The van der Waals surface area contributed by atoms with Gasteiger partial charge in [0.1, 0.15) is 0 Å². The van der Waals surface area contributed by atoms with E-state index in [-0.39, 0.29) is 5.56 Å². The first-order chi connectivity index (χ1) is 9.63. The third-order valence-electron chi connectivity index (χ3n) is 3.15. The van der Waals surface area contributed by atoms with Crippen LogP contribution in [0.25, 0.3) is 0 Å². The van der Waals surface area contributed by atoms with Gasteiger partial charge < -0.3 is 15.0 Å². The number of rotatable bonds is 5. The number of hydrogen-bond acceptors (Lipinski definition) is 3. The highest BCUT2D eigenvalue weighted by Gasteiger charge is 2.13. The average Bonchev–Trinajstić information content (AvgIpc) is 2.46. The van der Waals surface area contributed by atoms with Gasteiger partial charge >= 0.3 is 0 Å². The maximum Gasteiger partial charge on any atom is 0.255 e. The summed E-state index contributed by atoms with van der Waals surface area (Å²) in [6, 6.07) is 10.3. The normalized spacial score (nSPS) is 12.3. The second kappa shape index (κ2) is 6.70. The fraction of sp³-hybridized carbons (Fsp3) is 0.267. The van der Waals surface area contributed by atoms with Crippen molar-refractivity contribution in [1.82, 2.24) is 4.57 Å². The molecule has 0 fully saturated rings. The zero-order chi connectivity index (χ0) is 14.5. The Hall–Kier alpha value is -1.62. The molecule has 4 nitrogen and oxygen atoms in total. The zero-order valence-corrected chi connectivity index (χ0v) is 12.0. The first kappa shape index (κ1) is 14.8. The third-order valence-corrected chi connectivity index (χ3v) is 3.40. The highest BCUT2D eigenvalue weighted by Crippen LogP contribution is 2.18. The molecule has 20 heavy (non-hydrogen) atoms. The van der Waals surface area contributed by atoms with Gasteiger partial charge in [-0.1, -0.05) is 29.8 Å². The van der Waals surface area contributed by atoms with Crippen molar-refractivity contribution in [1.29, 1.82) is 0 Å². The number of halogens is 1. The van der Waals surface area contributed by atoms with Crippen LogP contribution in [0.5, 0.6) is 0 Å².